The van der Waals surface area contributed by atoms with Gasteiger partial charge in [0.05, 0.1) is 14.2 Å². The molecule has 1 aromatic rings. The van der Waals surface area contributed by atoms with E-state index in [1.54, 1.807) is 24.3 Å². The molecule has 0 radical (unpaired) electrons. The van der Waals surface area contributed by atoms with E-state index < -0.39 is 23.3 Å². The normalized spacial score (nSPS) is 21.6. The van der Waals surface area contributed by atoms with Gasteiger partial charge in [0, 0.05) is 11.3 Å². The molecule has 1 unspecified atom stereocenters. The summed E-state index contributed by atoms with van der Waals surface area (Å²) >= 11 is 0. The molecule has 2 heterocycles. The van der Waals surface area contributed by atoms with Gasteiger partial charge in [-0.3, -0.25) is 0 Å². The Hall–Kier alpha value is -3.29. The number of allylic oxidation sites excluding steroid dienone is 1. The largest absolute Gasteiger partial charge is 0.466 e. The van der Waals surface area contributed by atoms with Gasteiger partial charge in [-0.15, -0.1) is 0 Å². The number of hydrogen-bond donors (Lipinski definition) is 2. The lowest BCUT2D eigenvalue weighted by atomic mass is 9.67. The fourth-order valence-electron chi connectivity index (χ4n) is 3.33. The van der Waals surface area contributed by atoms with E-state index in [1.165, 1.54) is 14.0 Å². The molecule has 2 aliphatic heterocycles. The van der Waals surface area contributed by atoms with Crippen molar-refractivity contribution in [2.75, 3.05) is 19.5 Å². The van der Waals surface area contributed by atoms with Gasteiger partial charge in [0.15, 0.2) is 5.41 Å². The fourth-order valence-corrected chi connectivity index (χ4v) is 3.33. The van der Waals surface area contributed by atoms with Gasteiger partial charge in [0.25, 0.3) is 0 Å². The number of benzene rings is 1. The van der Waals surface area contributed by atoms with E-state index in [4.69, 9.17) is 19.9 Å². The van der Waals surface area contributed by atoms with Crippen molar-refractivity contribution in [1.82, 2.24) is 0 Å². The van der Waals surface area contributed by atoms with Crippen LogP contribution in [-0.2, 0) is 34.0 Å². The number of para-hydroxylation sites is 1. The standard InChI is InChI=1S/C17H16N2O6/c1-8-11(14(20)23-2)17(16(22)25-8)9-6-4-5-7-10(9)19-13(18)12(17)15(21)24-3/h4-7,19H,18H2,1-3H3. The number of esters is 3. The second-order valence-corrected chi connectivity index (χ2v) is 5.51. The highest BCUT2D eigenvalue weighted by Crippen LogP contribution is 2.52. The van der Waals surface area contributed by atoms with E-state index in [2.05, 4.69) is 5.32 Å². The zero-order chi connectivity index (χ0) is 18.4. The third kappa shape index (κ3) is 2.03. The minimum atomic E-state index is -1.85. The van der Waals surface area contributed by atoms with Crippen molar-refractivity contribution in [3.63, 3.8) is 0 Å². The monoisotopic (exact) mass is 344 g/mol. The average Bonchev–Trinajstić information content (AvgIpc) is 2.85. The summed E-state index contributed by atoms with van der Waals surface area (Å²) in [6.07, 6.45) is 0. The fraction of sp³-hybridized carbons (Fsp3) is 0.235. The van der Waals surface area contributed by atoms with Gasteiger partial charge in [-0.2, -0.15) is 0 Å². The average molecular weight is 344 g/mol. The van der Waals surface area contributed by atoms with Crippen molar-refractivity contribution in [2.45, 2.75) is 12.3 Å². The smallest absolute Gasteiger partial charge is 0.339 e. The van der Waals surface area contributed by atoms with Gasteiger partial charge in [-0.25, -0.2) is 14.4 Å². The SMILES string of the molecule is COC(=O)C1=C(N)Nc2ccccc2C12C(=O)OC(C)=C2C(=O)OC. The van der Waals surface area contributed by atoms with E-state index in [0.29, 0.717) is 11.3 Å². The summed E-state index contributed by atoms with van der Waals surface area (Å²) in [4.78, 5) is 37.9. The molecular weight excluding hydrogens is 328 g/mol. The molecular formula is C17H16N2O6. The number of carbonyl (C=O) groups excluding carboxylic acids is 3. The van der Waals surface area contributed by atoms with E-state index in [-0.39, 0.29) is 22.7 Å². The summed E-state index contributed by atoms with van der Waals surface area (Å²) in [7, 11) is 2.34. The van der Waals surface area contributed by atoms with Gasteiger partial charge in [0.1, 0.15) is 22.7 Å². The number of methoxy groups -OCH3 is 2. The lowest BCUT2D eigenvalue weighted by Gasteiger charge is -2.35. The Bertz CT molecular complexity index is 870. The molecule has 25 heavy (non-hydrogen) atoms. The maximum absolute atomic E-state index is 12.9. The van der Waals surface area contributed by atoms with Gasteiger partial charge >= 0.3 is 17.9 Å². The first-order chi connectivity index (χ1) is 11.9. The maximum atomic E-state index is 12.9. The summed E-state index contributed by atoms with van der Waals surface area (Å²) in [5, 5.41) is 2.86. The minimum Gasteiger partial charge on any atom is -0.466 e. The first-order valence-electron chi connectivity index (χ1n) is 7.36. The lowest BCUT2D eigenvalue weighted by molar-refractivity contribution is -0.146. The predicted octanol–water partition coefficient (Wildman–Crippen LogP) is 0.697. The molecule has 8 heteroatoms. The summed E-state index contributed by atoms with van der Waals surface area (Å²) in [5.74, 6) is -2.52. The molecule has 1 spiro atoms. The quantitative estimate of drug-likeness (QED) is 0.595. The molecule has 3 N–H and O–H groups in total. The number of anilines is 1. The van der Waals surface area contributed by atoms with Crippen LogP contribution in [0.3, 0.4) is 0 Å². The number of nitrogens with two attached hydrogens (primary N) is 1. The lowest BCUT2D eigenvalue weighted by Crippen LogP contribution is -2.47. The van der Waals surface area contributed by atoms with Crippen LogP contribution in [0.2, 0.25) is 0 Å². The van der Waals surface area contributed by atoms with Crippen LogP contribution in [0.15, 0.2) is 47.0 Å². The Balaban J connectivity index is 2.45. The number of nitrogens with one attached hydrogen (secondary N) is 1. The molecule has 0 saturated carbocycles. The number of rotatable bonds is 2. The summed E-state index contributed by atoms with van der Waals surface area (Å²) < 4.78 is 14.9. The number of hydrogen-bond acceptors (Lipinski definition) is 8. The first-order valence-corrected chi connectivity index (χ1v) is 7.36. The van der Waals surface area contributed by atoms with Gasteiger partial charge in [0.2, 0.25) is 0 Å². The van der Waals surface area contributed by atoms with Crippen molar-refractivity contribution in [2.24, 2.45) is 5.73 Å². The number of fused-ring (bicyclic) bond motifs is 2. The number of cyclic esters (lactones) is 1. The molecule has 1 atom stereocenters. The van der Waals surface area contributed by atoms with E-state index in [9.17, 15) is 14.4 Å². The highest BCUT2D eigenvalue weighted by atomic mass is 16.6. The third-order valence-corrected chi connectivity index (χ3v) is 4.30. The minimum absolute atomic E-state index is 0.0442. The molecule has 0 bridgehead atoms. The molecule has 0 fully saturated rings. The maximum Gasteiger partial charge on any atom is 0.339 e. The molecule has 8 nitrogen and oxygen atoms in total. The highest BCUT2D eigenvalue weighted by molar-refractivity contribution is 6.15. The topological polar surface area (TPSA) is 117 Å². The van der Waals surface area contributed by atoms with Crippen LogP contribution >= 0.6 is 0 Å². The Morgan fingerprint density at radius 2 is 1.72 bits per heavy atom. The third-order valence-electron chi connectivity index (χ3n) is 4.30. The Labute approximate surface area is 143 Å². The molecule has 0 saturated heterocycles. The molecule has 2 aliphatic rings. The van der Waals surface area contributed by atoms with Gasteiger partial charge < -0.3 is 25.3 Å². The molecule has 130 valence electrons. The van der Waals surface area contributed by atoms with Crippen molar-refractivity contribution >= 4 is 23.6 Å². The second kappa shape index (κ2) is 5.66. The zero-order valence-electron chi connectivity index (χ0n) is 13.8. The van der Waals surface area contributed by atoms with Gasteiger partial charge in [-0.1, -0.05) is 18.2 Å². The summed E-state index contributed by atoms with van der Waals surface area (Å²) in [6.45, 7) is 1.45. The van der Waals surface area contributed by atoms with E-state index in [1.807, 2.05) is 0 Å². The second-order valence-electron chi connectivity index (χ2n) is 5.51. The summed E-state index contributed by atoms with van der Waals surface area (Å²) in [5.41, 5.74) is 4.69. The van der Waals surface area contributed by atoms with E-state index >= 15 is 0 Å². The predicted molar refractivity (Wildman–Crippen MR) is 85.8 cm³/mol. The number of carbonyl (C=O) groups is 3. The van der Waals surface area contributed by atoms with Crippen molar-refractivity contribution in [3.8, 4) is 0 Å². The van der Waals surface area contributed by atoms with Crippen molar-refractivity contribution < 1.29 is 28.6 Å². The van der Waals surface area contributed by atoms with Gasteiger partial charge in [-0.05, 0) is 13.0 Å². The molecule has 1 aromatic carbocycles. The van der Waals surface area contributed by atoms with Crippen LogP contribution in [0.5, 0.6) is 0 Å². The highest BCUT2D eigenvalue weighted by Gasteiger charge is 2.62. The number of ether oxygens (including phenoxy) is 3. The van der Waals surface area contributed by atoms with Crippen molar-refractivity contribution in [1.29, 1.82) is 0 Å². The summed E-state index contributed by atoms with van der Waals surface area (Å²) in [6, 6.07) is 6.69. The van der Waals surface area contributed by atoms with Crippen LogP contribution in [0.25, 0.3) is 0 Å². The Morgan fingerprint density at radius 3 is 2.36 bits per heavy atom. The van der Waals surface area contributed by atoms with E-state index in [0.717, 1.165) is 7.11 Å². The molecule has 0 aliphatic carbocycles. The van der Waals surface area contributed by atoms with Crippen LogP contribution < -0.4 is 11.1 Å². The van der Waals surface area contributed by atoms with Crippen molar-refractivity contribution in [3.05, 3.63) is 52.6 Å². The molecule has 0 aromatic heterocycles. The molecule has 0 amide bonds. The Kier molecular flexibility index (Phi) is 3.75. The Morgan fingerprint density at radius 1 is 1.12 bits per heavy atom. The van der Waals surface area contributed by atoms with Crippen LogP contribution in [0, 0.1) is 0 Å². The van der Waals surface area contributed by atoms with Crippen LogP contribution in [0.4, 0.5) is 5.69 Å². The zero-order valence-corrected chi connectivity index (χ0v) is 13.8. The molecule has 3 rings (SSSR count). The van der Waals surface area contributed by atoms with Crippen LogP contribution in [0.1, 0.15) is 12.5 Å². The van der Waals surface area contributed by atoms with Crippen LogP contribution in [-0.4, -0.2) is 32.1 Å². The first kappa shape index (κ1) is 16.6.